The number of aliphatic hydroxyl groups excluding tert-OH is 2. The van der Waals surface area contributed by atoms with Gasteiger partial charge >= 0.3 is 5.97 Å². The Balaban J connectivity index is 3.34. The van der Waals surface area contributed by atoms with Gasteiger partial charge in [0.2, 0.25) is 5.91 Å². The van der Waals surface area contributed by atoms with E-state index in [-0.39, 0.29) is 18.5 Å². The van der Waals surface area contributed by atoms with Gasteiger partial charge in [0.15, 0.2) is 0 Å². The lowest BCUT2D eigenvalue weighted by Gasteiger charge is -2.22. The van der Waals surface area contributed by atoms with Gasteiger partial charge in [0, 0.05) is 12.8 Å². The van der Waals surface area contributed by atoms with Crippen LogP contribution >= 0.6 is 0 Å². The first-order valence-corrected chi connectivity index (χ1v) is 32.4. The molecule has 3 N–H and O–H groups in total. The van der Waals surface area contributed by atoms with Crippen LogP contribution in [0.2, 0.25) is 0 Å². The standard InChI is InChI=1S/C65H127NO5/c1-3-5-7-9-11-13-15-17-30-34-37-41-45-49-53-57-63(68)62(61-67)66-64(69)58-54-50-46-42-38-35-31-28-26-24-22-20-18-19-21-23-25-27-29-32-36-40-44-48-52-56-60-71-65(70)59-55-51-47-43-39-33-16-14-12-10-8-6-4-2/h14,16,62-63,67-68H,3-13,15,17-61H2,1-2H3,(H,66,69)/b16-14-. The minimum atomic E-state index is -0.662. The quantitative estimate of drug-likeness (QED) is 0.0320. The zero-order chi connectivity index (χ0) is 51.4. The molecule has 0 aliphatic heterocycles. The molecule has 0 aromatic heterocycles. The second-order valence-corrected chi connectivity index (χ2v) is 22.5. The lowest BCUT2D eigenvalue weighted by Crippen LogP contribution is -2.45. The van der Waals surface area contributed by atoms with Crippen LogP contribution in [0, 0.1) is 0 Å². The minimum absolute atomic E-state index is 0.00867. The third-order valence-corrected chi connectivity index (χ3v) is 15.3. The van der Waals surface area contributed by atoms with Gasteiger partial charge in [0.05, 0.1) is 25.4 Å². The maximum absolute atomic E-state index is 12.5. The van der Waals surface area contributed by atoms with Crippen molar-refractivity contribution in [2.75, 3.05) is 13.2 Å². The average Bonchev–Trinajstić information content (AvgIpc) is 3.37. The molecule has 0 spiro atoms. The molecule has 6 nitrogen and oxygen atoms in total. The number of hydrogen-bond acceptors (Lipinski definition) is 5. The predicted octanol–water partition coefficient (Wildman–Crippen LogP) is 20.4. The van der Waals surface area contributed by atoms with Gasteiger partial charge in [-0.2, -0.15) is 0 Å². The lowest BCUT2D eigenvalue weighted by atomic mass is 10.0. The summed E-state index contributed by atoms with van der Waals surface area (Å²) < 4.78 is 5.48. The summed E-state index contributed by atoms with van der Waals surface area (Å²) in [6.07, 6.45) is 73.8. The van der Waals surface area contributed by atoms with E-state index in [1.165, 1.54) is 289 Å². The van der Waals surface area contributed by atoms with Crippen molar-refractivity contribution in [2.45, 2.75) is 379 Å². The Kier molecular flexibility index (Phi) is 59.9. The summed E-state index contributed by atoms with van der Waals surface area (Å²) in [5.41, 5.74) is 0. The fourth-order valence-corrected chi connectivity index (χ4v) is 10.3. The molecule has 6 heteroatoms. The van der Waals surface area contributed by atoms with Crippen LogP contribution in [0.1, 0.15) is 367 Å². The first-order valence-electron chi connectivity index (χ1n) is 32.4. The van der Waals surface area contributed by atoms with E-state index in [0.29, 0.717) is 25.9 Å². The molecule has 0 aliphatic carbocycles. The molecule has 0 aromatic rings. The van der Waals surface area contributed by atoms with Crippen molar-refractivity contribution >= 4 is 11.9 Å². The molecule has 0 bridgehead atoms. The molecule has 0 rings (SSSR count). The first kappa shape index (κ1) is 69.6. The van der Waals surface area contributed by atoms with Gasteiger partial charge in [-0.15, -0.1) is 0 Å². The number of nitrogens with one attached hydrogen (secondary N) is 1. The average molecular weight is 1000 g/mol. The number of carbonyl (C=O) groups is 2. The van der Waals surface area contributed by atoms with Crippen LogP contribution in [0.4, 0.5) is 0 Å². The highest BCUT2D eigenvalue weighted by atomic mass is 16.5. The maximum Gasteiger partial charge on any atom is 0.305 e. The second kappa shape index (κ2) is 61.1. The van der Waals surface area contributed by atoms with Gasteiger partial charge in [-0.1, -0.05) is 315 Å². The molecule has 0 radical (unpaired) electrons. The van der Waals surface area contributed by atoms with Crippen LogP contribution in [0.3, 0.4) is 0 Å². The Morgan fingerprint density at radius 3 is 1.01 bits per heavy atom. The van der Waals surface area contributed by atoms with Gasteiger partial charge in [-0.25, -0.2) is 0 Å². The number of ether oxygens (including phenoxy) is 1. The van der Waals surface area contributed by atoms with Crippen molar-refractivity contribution < 1.29 is 24.5 Å². The van der Waals surface area contributed by atoms with E-state index in [0.717, 1.165) is 44.9 Å². The van der Waals surface area contributed by atoms with E-state index in [9.17, 15) is 19.8 Å². The molecule has 0 saturated carbocycles. The Hall–Kier alpha value is -1.40. The molecule has 71 heavy (non-hydrogen) atoms. The predicted molar refractivity (Wildman–Crippen MR) is 310 cm³/mol. The monoisotopic (exact) mass is 1000 g/mol. The van der Waals surface area contributed by atoms with E-state index < -0.39 is 12.1 Å². The molecule has 0 aromatic carbocycles. The number of rotatable bonds is 61. The van der Waals surface area contributed by atoms with E-state index in [1.54, 1.807) is 0 Å². The summed E-state index contributed by atoms with van der Waals surface area (Å²) in [6.45, 7) is 4.96. The Morgan fingerprint density at radius 1 is 0.380 bits per heavy atom. The second-order valence-electron chi connectivity index (χ2n) is 22.5. The van der Waals surface area contributed by atoms with Gasteiger partial charge in [0.1, 0.15) is 0 Å². The first-order chi connectivity index (χ1) is 35.0. The minimum Gasteiger partial charge on any atom is -0.466 e. The van der Waals surface area contributed by atoms with Gasteiger partial charge in [-0.3, -0.25) is 9.59 Å². The van der Waals surface area contributed by atoms with E-state index in [2.05, 4.69) is 31.3 Å². The summed E-state index contributed by atoms with van der Waals surface area (Å²) in [5, 5.41) is 23.3. The molecule has 0 aliphatic rings. The fourth-order valence-electron chi connectivity index (χ4n) is 10.3. The normalized spacial score (nSPS) is 12.6. The van der Waals surface area contributed by atoms with Crippen molar-refractivity contribution in [3.63, 3.8) is 0 Å². The Morgan fingerprint density at radius 2 is 0.662 bits per heavy atom. The highest BCUT2D eigenvalue weighted by Crippen LogP contribution is 2.19. The summed E-state index contributed by atoms with van der Waals surface area (Å²) in [6, 6.07) is -0.539. The van der Waals surface area contributed by atoms with Crippen molar-refractivity contribution in [2.24, 2.45) is 0 Å². The number of esters is 1. The third kappa shape index (κ3) is 57.7. The van der Waals surface area contributed by atoms with Crippen LogP contribution in [0.5, 0.6) is 0 Å². The Labute approximate surface area is 444 Å². The molecule has 422 valence electrons. The summed E-state index contributed by atoms with van der Waals surface area (Å²) in [4.78, 5) is 24.5. The van der Waals surface area contributed by atoms with Crippen LogP contribution in [0.15, 0.2) is 12.2 Å². The van der Waals surface area contributed by atoms with Gasteiger partial charge in [-0.05, 0) is 51.4 Å². The maximum atomic E-state index is 12.5. The van der Waals surface area contributed by atoms with Gasteiger partial charge in [0.25, 0.3) is 0 Å². The smallest absolute Gasteiger partial charge is 0.305 e. The molecule has 0 fully saturated rings. The highest BCUT2D eigenvalue weighted by molar-refractivity contribution is 5.76. The van der Waals surface area contributed by atoms with Crippen molar-refractivity contribution in [1.29, 1.82) is 0 Å². The SMILES string of the molecule is CCCCCC/C=C\CCCCCCCC(=O)OCCCCCCCCCCCCCCCCCCCCCCCCCCCCC(=O)NC(CO)C(O)CCCCCCCCCCCCCCCCC. The van der Waals surface area contributed by atoms with Crippen LogP contribution in [-0.4, -0.2) is 47.4 Å². The molecular formula is C65H127NO5. The van der Waals surface area contributed by atoms with E-state index in [4.69, 9.17) is 4.74 Å². The molecule has 2 unspecified atom stereocenters. The van der Waals surface area contributed by atoms with Crippen LogP contribution in [0.25, 0.3) is 0 Å². The number of allylic oxidation sites excluding steroid dienone is 2. The molecule has 2 atom stereocenters. The number of aliphatic hydroxyl groups is 2. The highest BCUT2D eigenvalue weighted by Gasteiger charge is 2.20. The lowest BCUT2D eigenvalue weighted by molar-refractivity contribution is -0.143. The van der Waals surface area contributed by atoms with Crippen LogP contribution < -0.4 is 5.32 Å². The summed E-state index contributed by atoms with van der Waals surface area (Å²) >= 11 is 0. The Bertz CT molecular complexity index is 1060. The molecule has 0 heterocycles. The van der Waals surface area contributed by atoms with Crippen molar-refractivity contribution in [3.8, 4) is 0 Å². The van der Waals surface area contributed by atoms with Gasteiger partial charge < -0.3 is 20.3 Å². The summed E-state index contributed by atoms with van der Waals surface area (Å²) in [7, 11) is 0. The van der Waals surface area contributed by atoms with E-state index in [1.807, 2.05) is 0 Å². The fraction of sp³-hybridized carbons (Fsp3) is 0.938. The van der Waals surface area contributed by atoms with E-state index >= 15 is 0 Å². The topological polar surface area (TPSA) is 95.9 Å². The van der Waals surface area contributed by atoms with Crippen molar-refractivity contribution in [3.05, 3.63) is 12.2 Å². The third-order valence-electron chi connectivity index (χ3n) is 15.3. The number of unbranched alkanes of at least 4 members (excludes halogenated alkanes) is 48. The zero-order valence-electron chi connectivity index (χ0n) is 48.2. The zero-order valence-corrected chi connectivity index (χ0v) is 48.2. The summed E-state index contributed by atoms with van der Waals surface area (Å²) in [5.74, 6) is -0.0213. The number of hydrogen-bond donors (Lipinski definition) is 3. The number of amides is 1. The van der Waals surface area contributed by atoms with Crippen LogP contribution in [-0.2, 0) is 14.3 Å². The molecular weight excluding hydrogens is 875 g/mol. The van der Waals surface area contributed by atoms with Crippen molar-refractivity contribution in [1.82, 2.24) is 5.32 Å². The molecule has 0 saturated heterocycles. The number of carbonyl (C=O) groups excluding carboxylic acids is 2. The molecule has 1 amide bonds. The largest absolute Gasteiger partial charge is 0.466 e.